The van der Waals surface area contributed by atoms with Crippen molar-refractivity contribution in [3.63, 3.8) is 0 Å². The van der Waals surface area contributed by atoms with Crippen molar-refractivity contribution in [1.29, 1.82) is 0 Å². The molecule has 0 unspecified atom stereocenters. The van der Waals surface area contributed by atoms with E-state index in [1.807, 2.05) is 18.2 Å². The Labute approximate surface area is 122 Å². The monoisotopic (exact) mass is 273 g/mol. The molecule has 4 aromatic rings. The number of hydrogen-bond donors (Lipinski definition) is 0. The summed E-state index contributed by atoms with van der Waals surface area (Å²) in [6.07, 6.45) is 1.66. The van der Waals surface area contributed by atoms with Gasteiger partial charge in [-0.3, -0.25) is 0 Å². The van der Waals surface area contributed by atoms with Gasteiger partial charge in [-0.25, -0.2) is 9.97 Å². The topological polar surface area (TPSA) is 30.7 Å². The van der Waals surface area contributed by atoms with Crippen LogP contribution in [0.1, 0.15) is 6.92 Å². The molecule has 2 aromatic carbocycles. The fraction of sp³-hybridized carbons (Fsp3) is 0.111. The van der Waals surface area contributed by atoms with Crippen LogP contribution in [0.4, 0.5) is 0 Å². The molecule has 0 N–H and O–H groups in total. The highest BCUT2D eigenvalue weighted by molar-refractivity contribution is 6.09. The number of hydrogen-bond acceptors (Lipinski definition) is 2. The van der Waals surface area contributed by atoms with Crippen molar-refractivity contribution in [2.75, 3.05) is 0 Å². The fourth-order valence-corrected chi connectivity index (χ4v) is 3.00. The van der Waals surface area contributed by atoms with Crippen LogP contribution >= 0.6 is 0 Å². The Morgan fingerprint density at radius 2 is 1.67 bits per heavy atom. The molecule has 0 spiro atoms. The Kier molecular flexibility index (Phi) is 2.71. The first-order chi connectivity index (χ1) is 10.4. The third-order valence-electron chi connectivity index (χ3n) is 3.91. The molecule has 0 bridgehead atoms. The Hall–Kier alpha value is -2.68. The minimum absolute atomic E-state index is 0.900. The van der Waals surface area contributed by atoms with E-state index in [1.165, 1.54) is 10.9 Å². The van der Waals surface area contributed by atoms with Gasteiger partial charge in [-0.05, 0) is 13.0 Å². The van der Waals surface area contributed by atoms with Crippen LogP contribution < -0.4 is 0 Å². The summed E-state index contributed by atoms with van der Waals surface area (Å²) in [6, 6.07) is 18.7. The molecule has 0 radical (unpaired) electrons. The van der Waals surface area contributed by atoms with Gasteiger partial charge in [0.15, 0.2) is 0 Å². The maximum absolute atomic E-state index is 4.55. The van der Waals surface area contributed by atoms with Crippen molar-refractivity contribution in [2.24, 2.45) is 0 Å². The lowest BCUT2D eigenvalue weighted by atomic mass is 10.1. The van der Waals surface area contributed by atoms with Gasteiger partial charge in [-0.2, -0.15) is 0 Å². The van der Waals surface area contributed by atoms with Gasteiger partial charge in [0.1, 0.15) is 11.8 Å². The Morgan fingerprint density at radius 1 is 0.905 bits per heavy atom. The summed E-state index contributed by atoms with van der Waals surface area (Å²) in [7, 11) is 0. The molecule has 0 atom stereocenters. The summed E-state index contributed by atoms with van der Waals surface area (Å²) in [5.41, 5.74) is 5.49. The molecule has 0 aliphatic heterocycles. The average molecular weight is 273 g/mol. The van der Waals surface area contributed by atoms with Crippen molar-refractivity contribution in [1.82, 2.24) is 14.5 Å². The highest BCUT2D eigenvalue weighted by atomic mass is 15.0. The van der Waals surface area contributed by atoms with Gasteiger partial charge in [0.2, 0.25) is 0 Å². The molecule has 0 fully saturated rings. The molecular weight excluding hydrogens is 258 g/mol. The number of fused-ring (bicyclic) bond motifs is 3. The molecule has 102 valence electrons. The summed E-state index contributed by atoms with van der Waals surface area (Å²) in [5.74, 6) is 0. The van der Waals surface area contributed by atoms with Crippen molar-refractivity contribution < 1.29 is 0 Å². The maximum atomic E-state index is 4.55. The molecule has 0 aliphatic carbocycles. The smallest absolute Gasteiger partial charge is 0.116 e. The van der Waals surface area contributed by atoms with Gasteiger partial charge >= 0.3 is 0 Å². The third-order valence-corrected chi connectivity index (χ3v) is 3.91. The lowest BCUT2D eigenvalue weighted by Crippen LogP contribution is -1.97. The molecule has 0 amide bonds. The summed E-state index contributed by atoms with van der Waals surface area (Å²) in [6.45, 7) is 3.06. The second-order valence-corrected chi connectivity index (χ2v) is 5.05. The molecule has 0 saturated heterocycles. The largest absolute Gasteiger partial charge is 0.338 e. The van der Waals surface area contributed by atoms with E-state index in [0.29, 0.717) is 0 Å². The minimum atomic E-state index is 0.900. The van der Waals surface area contributed by atoms with Crippen LogP contribution in [0.3, 0.4) is 0 Å². The number of rotatable bonds is 2. The van der Waals surface area contributed by atoms with Crippen LogP contribution in [0.2, 0.25) is 0 Å². The Morgan fingerprint density at radius 3 is 2.48 bits per heavy atom. The van der Waals surface area contributed by atoms with E-state index in [9.17, 15) is 0 Å². The van der Waals surface area contributed by atoms with E-state index in [-0.39, 0.29) is 0 Å². The molecular formula is C18H15N3. The molecule has 21 heavy (non-hydrogen) atoms. The quantitative estimate of drug-likeness (QED) is 0.546. The highest BCUT2D eigenvalue weighted by Gasteiger charge is 2.15. The number of nitrogens with zero attached hydrogens (tertiary/aromatic N) is 3. The van der Waals surface area contributed by atoms with Crippen molar-refractivity contribution in [3.8, 4) is 11.3 Å². The van der Waals surface area contributed by atoms with Crippen molar-refractivity contribution in [3.05, 3.63) is 60.9 Å². The predicted molar refractivity (Wildman–Crippen MR) is 86.1 cm³/mol. The van der Waals surface area contributed by atoms with Crippen LogP contribution in [0.5, 0.6) is 0 Å². The van der Waals surface area contributed by atoms with E-state index in [2.05, 4.69) is 57.9 Å². The zero-order valence-electron chi connectivity index (χ0n) is 11.8. The van der Waals surface area contributed by atoms with Crippen LogP contribution in [0.25, 0.3) is 33.2 Å². The first kappa shape index (κ1) is 12.1. The summed E-state index contributed by atoms with van der Waals surface area (Å²) in [4.78, 5) is 9.08. The van der Waals surface area contributed by atoms with Crippen LogP contribution in [-0.2, 0) is 6.54 Å². The number of aromatic nitrogens is 3. The predicted octanol–water partition coefficient (Wildman–Crippen LogP) is 4.27. The second-order valence-electron chi connectivity index (χ2n) is 5.05. The summed E-state index contributed by atoms with van der Waals surface area (Å²) < 4.78 is 2.30. The van der Waals surface area contributed by atoms with E-state index in [4.69, 9.17) is 0 Å². The molecule has 0 aliphatic rings. The first-order valence-corrected chi connectivity index (χ1v) is 7.17. The van der Waals surface area contributed by atoms with Crippen LogP contribution in [0.15, 0.2) is 60.9 Å². The SMILES string of the molecule is CCn1c2ccccc2c2ncnc(-c3ccccc3)c21. The molecule has 2 heterocycles. The van der Waals surface area contributed by atoms with E-state index < -0.39 is 0 Å². The van der Waals surface area contributed by atoms with Gasteiger partial charge in [-0.1, -0.05) is 48.5 Å². The van der Waals surface area contributed by atoms with Gasteiger partial charge < -0.3 is 4.57 Å². The zero-order valence-corrected chi connectivity index (χ0v) is 11.8. The van der Waals surface area contributed by atoms with Gasteiger partial charge in [-0.15, -0.1) is 0 Å². The van der Waals surface area contributed by atoms with Crippen molar-refractivity contribution in [2.45, 2.75) is 13.5 Å². The van der Waals surface area contributed by atoms with Crippen molar-refractivity contribution >= 4 is 21.9 Å². The molecule has 2 aromatic heterocycles. The summed E-state index contributed by atoms with van der Waals surface area (Å²) >= 11 is 0. The van der Waals surface area contributed by atoms with Crippen LogP contribution in [-0.4, -0.2) is 14.5 Å². The normalized spacial score (nSPS) is 11.3. The zero-order chi connectivity index (χ0) is 14.2. The van der Waals surface area contributed by atoms with E-state index >= 15 is 0 Å². The lowest BCUT2D eigenvalue weighted by molar-refractivity contribution is 0.825. The van der Waals surface area contributed by atoms with Gasteiger partial charge in [0.05, 0.1) is 16.7 Å². The molecule has 3 nitrogen and oxygen atoms in total. The minimum Gasteiger partial charge on any atom is -0.338 e. The lowest BCUT2D eigenvalue weighted by Gasteiger charge is -2.07. The van der Waals surface area contributed by atoms with Gasteiger partial charge in [0.25, 0.3) is 0 Å². The maximum Gasteiger partial charge on any atom is 0.116 e. The first-order valence-electron chi connectivity index (χ1n) is 7.17. The fourth-order valence-electron chi connectivity index (χ4n) is 3.00. The average Bonchev–Trinajstić information content (AvgIpc) is 2.89. The summed E-state index contributed by atoms with van der Waals surface area (Å²) in [5, 5.41) is 1.19. The third kappa shape index (κ3) is 1.74. The number of aryl methyl sites for hydroxylation is 1. The highest BCUT2D eigenvalue weighted by Crippen LogP contribution is 2.32. The van der Waals surface area contributed by atoms with Gasteiger partial charge in [0, 0.05) is 17.5 Å². The molecule has 0 saturated carbocycles. The second kappa shape index (κ2) is 4.70. The van der Waals surface area contributed by atoms with Crippen LogP contribution in [0, 0.1) is 0 Å². The number of benzene rings is 2. The molecule has 4 rings (SSSR count). The van der Waals surface area contributed by atoms with E-state index in [0.717, 1.165) is 28.8 Å². The Balaban J connectivity index is 2.19. The Bertz CT molecular complexity index is 923. The standard InChI is InChI=1S/C18H15N3/c1-2-21-15-11-7-6-10-14(15)17-18(21)16(19-12-20-17)13-8-4-3-5-9-13/h3-12H,2H2,1H3. The van der Waals surface area contributed by atoms with E-state index in [1.54, 1.807) is 6.33 Å². The number of para-hydroxylation sites is 1. The molecule has 3 heteroatoms.